The summed E-state index contributed by atoms with van der Waals surface area (Å²) in [6.07, 6.45) is 0.143. The number of hydrogen-bond donors (Lipinski definition) is 4. The van der Waals surface area contributed by atoms with E-state index in [1.807, 2.05) is 6.07 Å². The monoisotopic (exact) mass is 590 g/mol. The van der Waals surface area contributed by atoms with E-state index >= 15 is 0 Å². The number of carbonyl (C=O) groups is 4. The Balaban J connectivity index is 1.90. The molecule has 0 saturated carbocycles. The number of rotatable bonds is 11. The average molecular weight is 592 g/mol. The second kappa shape index (κ2) is 15.0. The Morgan fingerprint density at radius 1 is 0.895 bits per heavy atom. The molecule has 2 aromatic rings. The summed E-state index contributed by atoms with van der Waals surface area (Å²) in [6, 6.07) is 13.1. The van der Waals surface area contributed by atoms with Gasteiger partial charge in [-0.25, -0.2) is 9.59 Å². The van der Waals surface area contributed by atoms with Crippen molar-refractivity contribution in [3.8, 4) is 0 Å². The number of unbranched alkanes of at least 4 members (excludes halogenated alkanes) is 1. The van der Waals surface area contributed by atoms with Crippen molar-refractivity contribution in [2.45, 2.75) is 65.0 Å². The first-order chi connectivity index (χ1) is 18.0. The predicted molar refractivity (Wildman–Crippen MR) is 150 cm³/mol. The third-order valence-electron chi connectivity index (χ3n) is 4.96. The Labute approximate surface area is 231 Å². The Bertz CT molecular complexity index is 1120. The smallest absolute Gasteiger partial charge is 0.412 e. The van der Waals surface area contributed by atoms with E-state index in [4.69, 9.17) is 9.47 Å². The van der Waals surface area contributed by atoms with Gasteiger partial charge in [-0.3, -0.25) is 14.9 Å². The highest BCUT2D eigenvalue weighted by atomic mass is 79.9. The molecule has 0 saturated heterocycles. The second-order valence-corrected chi connectivity index (χ2v) is 10.3. The molecule has 4 N–H and O–H groups in total. The van der Waals surface area contributed by atoms with Gasteiger partial charge in [0.25, 0.3) is 0 Å². The molecule has 1 atom stereocenters. The molecule has 2 rings (SSSR count). The van der Waals surface area contributed by atoms with Gasteiger partial charge in [-0.2, -0.15) is 0 Å². The lowest BCUT2D eigenvalue weighted by molar-refractivity contribution is -0.118. The maximum Gasteiger partial charge on any atom is 0.412 e. The SMILES string of the molecule is CCOC(=O)N[C@H](CCCCC(=O)Nc1ccccc1NC(=O)OC(C)(C)C)C(=O)Nc1cccc(Br)c1. The van der Waals surface area contributed by atoms with E-state index in [9.17, 15) is 19.2 Å². The first kappa shape index (κ1) is 30.6. The molecule has 0 radical (unpaired) electrons. The number of para-hydroxylation sites is 2. The van der Waals surface area contributed by atoms with Crippen LogP contribution in [0, 0.1) is 0 Å². The normalized spacial score (nSPS) is 11.6. The summed E-state index contributed by atoms with van der Waals surface area (Å²) in [5.41, 5.74) is 0.784. The molecule has 0 aliphatic rings. The van der Waals surface area contributed by atoms with Gasteiger partial charge in [0, 0.05) is 16.6 Å². The summed E-state index contributed by atoms with van der Waals surface area (Å²) < 4.78 is 11.0. The Morgan fingerprint density at radius 3 is 2.21 bits per heavy atom. The lowest BCUT2D eigenvalue weighted by Crippen LogP contribution is -2.44. The minimum Gasteiger partial charge on any atom is -0.450 e. The minimum absolute atomic E-state index is 0.177. The molecule has 0 aromatic heterocycles. The first-order valence-electron chi connectivity index (χ1n) is 12.4. The van der Waals surface area contributed by atoms with Crippen LogP contribution in [0.1, 0.15) is 53.4 Å². The van der Waals surface area contributed by atoms with Crippen LogP contribution in [0.25, 0.3) is 0 Å². The topological polar surface area (TPSA) is 135 Å². The van der Waals surface area contributed by atoms with Crippen molar-refractivity contribution in [1.82, 2.24) is 5.32 Å². The maximum atomic E-state index is 12.8. The summed E-state index contributed by atoms with van der Waals surface area (Å²) in [5.74, 6) is -0.639. The molecule has 10 nitrogen and oxygen atoms in total. The molecule has 206 valence electrons. The minimum atomic E-state index is -0.838. The third-order valence-corrected chi connectivity index (χ3v) is 5.45. The van der Waals surface area contributed by atoms with Crippen molar-refractivity contribution in [2.75, 3.05) is 22.6 Å². The average Bonchev–Trinajstić information content (AvgIpc) is 2.81. The van der Waals surface area contributed by atoms with Gasteiger partial charge >= 0.3 is 12.2 Å². The molecule has 0 aliphatic heterocycles. The molecule has 0 aliphatic carbocycles. The number of benzene rings is 2. The van der Waals surface area contributed by atoms with Crippen LogP contribution in [0.2, 0.25) is 0 Å². The van der Waals surface area contributed by atoms with Gasteiger partial charge in [0.05, 0.1) is 18.0 Å². The number of anilines is 3. The highest BCUT2D eigenvalue weighted by molar-refractivity contribution is 9.10. The van der Waals surface area contributed by atoms with Crippen LogP contribution in [-0.2, 0) is 19.1 Å². The number of carbonyl (C=O) groups excluding carboxylic acids is 4. The lowest BCUT2D eigenvalue weighted by atomic mass is 10.1. The van der Waals surface area contributed by atoms with Crippen molar-refractivity contribution in [1.29, 1.82) is 0 Å². The number of amides is 4. The summed E-state index contributed by atoms with van der Waals surface area (Å²) in [4.78, 5) is 49.5. The van der Waals surface area contributed by atoms with Crippen molar-refractivity contribution in [3.05, 3.63) is 53.0 Å². The van der Waals surface area contributed by atoms with E-state index in [2.05, 4.69) is 37.2 Å². The van der Waals surface area contributed by atoms with Gasteiger partial charge in [0.15, 0.2) is 0 Å². The van der Waals surface area contributed by atoms with Gasteiger partial charge in [-0.1, -0.05) is 40.5 Å². The van der Waals surface area contributed by atoms with Gasteiger partial charge in [-0.05, 0) is 70.9 Å². The van der Waals surface area contributed by atoms with Crippen LogP contribution in [0.4, 0.5) is 26.7 Å². The van der Waals surface area contributed by atoms with Crippen LogP contribution >= 0.6 is 15.9 Å². The molecular weight excluding hydrogens is 556 g/mol. The number of hydrogen-bond acceptors (Lipinski definition) is 6. The third kappa shape index (κ3) is 11.6. The largest absolute Gasteiger partial charge is 0.450 e. The van der Waals surface area contributed by atoms with Gasteiger partial charge in [0.1, 0.15) is 11.6 Å². The highest BCUT2D eigenvalue weighted by Crippen LogP contribution is 2.23. The predicted octanol–water partition coefficient (Wildman–Crippen LogP) is 6.05. The molecule has 0 heterocycles. The fourth-order valence-electron chi connectivity index (χ4n) is 3.34. The first-order valence-corrected chi connectivity index (χ1v) is 13.1. The van der Waals surface area contributed by atoms with Gasteiger partial charge in [-0.15, -0.1) is 0 Å². The Kier molecular flexibility index (Phi) is 12.1. The summed E-state index contributed by atoms with van der Waals surface area (Å²) in [7, 11) is 0. The molecule has 0 spiro atoms. The zero-order chi connectivity index (χ0) is 28.1. The van der Waals surface area contributed by atoms with Gasteiger partial charge in [0.2, 0.25) is 11.8 Å². The molecular formula is C27H35BrN4O6. The number of ether oxygens (including phenoxy) is 2. The summed E-state index contributed by atoms with van der Waals surface area (Å²) in [6.45, 7) is 7.14. The molecule has 0 fully saturated rings. The van der Waals surface area contributed by atoms with Crippen LogP contribution in [0.15, 0.2) is 53.0 Å². The van der Waals surface area contributed by atoms with Crippen LogP contribution in [0.5, 0.6) is 0 Å². The standard InChI is InChI=1S/C27H35BrN4O6/c1-5-37-25(35)32-22(24(34)29-19-12-10-11-18(28)17-19)15-8-9-16-23(33)30-20-13-6-7-14-21(20)31-26(36)38-27(2,3)4/h6-7,10-14,17,22H,5,8-9,15-16H2,1-4H3,(H,29,34)(H,30,33)(H,31,36)(H,32,35)/t22-/m1/s1. The number of halogens is 1. The highest BCUT2D eigenvalue weighted by Gasteiger charge is 2.22. The van der Waals surface area contributed by atoms with E-state index in [-0.39, 0.29) is 24.8 Å². The van der Waals surface area contributed by atoms with E-state index < -0.39 is 23.8 Å². The molecule has 4 amide bonds. The van der Waals surface area contributed by atoms with Crippen LogP contribution in [0.3, 0.4) is 0 Å². The van der Waals surface area contributed by atoms with E-state index in [0.717, 1.165) is 4.47 Å². The molecule has 0 unspecified atom stereocenters. The number of nitrogens with one attached hydrogen (secondary N) is 4. The summed E-state index contributed by atoms with van der Waals surface area (Å²) >= 11 is 3.36. The van der Waals surface area contributed by atoms with E-state index in [0.29, 0.717) is 36.3 Å². The quantitative estimate of drug-likeness (QED) is 0.235. The van der Waals surface area contributed by atoms with Crippen molar-refractivity contribution < 1.29 is 28.7 Å². The molecule has 2 aromatic carbocycles. The Morgan fingerprint density at radius 2 is 1.58 bits per heavy atom. The van der Waals surface area contributed by atoms with E-state index in [1.54, 1.807) is 70.2 Å². The summed E-state index contributed by atoms with van der Waals surface area (Å²) in [5, 5.41) is 10.8. The zero-order valence-electron chi connectivity index (χ0n) is 22.1. The maximum absolute atomic E-state index is 12.8. The van der Waals surface area contributed by atoms with Crippen molar-refractivity contribution in [2.24, 2.45) is 0 Å². The second-order valence-electron chi connectivity index (χ2n) is 9.38. The molecule has 0 bridgehead atoms. The molecule has 11 heteroatoms. The van der Waals surface area contributed by atoms with E-state index in [1.165, 1.54) is 0 Å². The number of alkyl carbamates (subject to hydrolysis) is 1. The zero-order valence-corrected chi connectivity index (χ0v) is 23.6. The van der Waals surface area contributed by atoms with Crippen molar-refractivity contribution >= 4 is 57.0 Å². The van der Waals surface area contributed by atoms with Crippen LogP contribution in [-0.4, -0.2) is 42.3 Å². The van der Waals surface area contributed by atoms with Gasteiger partial charge < -0.3 is 25.4 Å². The fraction of sp³-hybridized carbons (Fsp3) is 0.407. The van der Waals surface area contributed by atoms with Crippen molar-refractivity contribution in [3.63, 3.8) is 0 Å². The lowest BCUT2D eigenvalue weighted by Gasteiger charge is -2.20. The van der Waals surface area contributed by atoms with Crippen LogP contribution < -0.4 is 21.3 Å². The Hall–Kier alpha value is -3.60. The fourth-order valence-corrected chi connectivity index (χ4v) is 3.74. The molecule has 38 heavy (non-hydrogen) atoms.